The highest BCUT2D eigenvalue weighted by Gasteiger charge is 2.42. The Kier molecular flexibility index (Phi) is 6.44. The summed E-state index contributed by atoms with van der Waals surface area (Å²) in [5.41, 5.74) is 6.16. The molecule has 0 saturated carbocycles. The highest BCUT2D eigenvalue weighted by Crippen LogP contribution is 2.36. The number of nitrogens with one attached hydrogen (secondary N) is 1. The number of halogens is 1. The number of carboxylic acid groups (broad SMARTS) is 1. The molecule has 1 aliphatic rings. The van der Waals surface area contributed by atoms with Gasteiger partial charge in [0.25, 0.3) is 5.91 Å². The smallest absolute Gasteiger partial charge is 0.407 e. The number of nitrogens with zero attached hydrogens (tertiary/aromatic N) is 4. The molecule has 1 fully saturated rings. The molecule has 1 aliphatic heterocycles. The molecular formula is C21H25FN6O3. The number of carbonyl (C=O) groups excluding carboxylic acids is 1. The number of primary amides is 1. The van der Waals surface area contributed by atoms with Crippen LogP contribution in [0, 0.1) is 29.0 Å². The number of aromatic nitrogens is 2. The van der Waals surface area contributed by atoms with Gasteiger partial charge in [0.2, 0.25) is 0 Å². The van der Waals surface area contributed by atoms with Gasteiger partial charge in [-0.15, -0.1) is 0 Å². The Balaban J connectivity index is 1.95. The van der Waals surface area contributed by atoms with Crippen molar-refractivity contribution in [3.63, 3.8) is 0 Å². The Morgan fingerprint density at radius 2 is 2.06 bits per heavy atom. The number of likely N-dealkylation sites (tertiary alicyclic amines) is 1. The lowest BCUT2D eigenvalue weighted by Gasteiger charge is -2.42. The lowest BCUT2D eigenvalue weighted by Crippen LogP contribution is -2.51. The zero-order valence-corrected chi connectivity index (χ0v) is 17.3. The summed E-state index contributed by atoms with van der Waals surface area (Å²) in [6.45, 7) is 4.20. The average molecular weight is 428 g/mol. The SMILES string of the molecule is CC(C)CC1[C@H](C#N)[C@@H](n2cc(C(N)=O)c(Nc3ccc(F)cc3)n2)CCN1C(=O)O. The first-order valence-corrected chi connectivity index (χ1v) is 10.0. The number of piperidine rings is 1. The number of amides is 2. The number of carbonyl (C=O) groups is 2. The van der Waals surface area contributed by atoms with Gasteiger partial charge < -0.3 is 21.1 Å². The van der Waals surface area contributed by atoms with E-state index in [-0.39, 0.29) is 23.8 Å². The molecule has 0 aliphatic carbocycles. The van der Waals surface area contributed by atoms with Crippen LogP contribution in [0.1, 0.15) is 43.1 Å². The van der Waals surface area contributed by atoms with Crippen LogP contribution in [0.3, 0.4) is 0 Å². The van der Waals surface area contributed by atoms with E-state index in [9.17, 15) is 24.3 Å². The van der Waals surface area contributed by atoms with Crippen molar-refractivity contribution >= 4 is 23.5 Å². The lowest BCUT2D eigenvalue weighted by molar-refractivity contribution is 0.0578. The van der Waals surface area contributed by atoms with E-state index in [0.717, 1.165) is 0 Å². The fourth-order valence-corrected chi connectivity index (χ4v) is 4.03. The zero-order valence-electron chi connectivity index (χ0n) is 17.3. The molecule has 10 heteroatoms. The fraction of sp³-hybridized carbons (Fsp3) is 0.429. The second kappa shape index (κ2) is 9.04. The molecule has 3 rings (SSSR count). The highest BCUT2D eigenvalue weighted by molar-refractivity contribution is 5.98. The molecule has 1 aromatic carbocycles. The van der Waals surface area contributed by atoms with E-state index in [1.54, 1.807) is 0 Å². The van der Waals surface area contributed by atoms with Gasteiger partial charge in [-0.3, -0.25) is 9.48 Å². The van der Waals surface area contributed by atoms with Gasteiger partial charge in [0.05, 0.1) is 24.1 Å². The summed E-state index contributed by atoms with van der Waals surface area (Å²) in [5.74, 6) is -1.37. The molecule has 0 spiro atoms. The van der Waals surface area contributed by atoms with Crippen LogP contribution in [0.15, 0.2) is 30.5 Å². The summed E-state index contributed by atoms with van der Waals surface area (Å²) >= 11 is 0. The van der Waals surface area contributed by atoms with Crippen molar-refractivity contribution in [1.29, 1.82) is 5.26 Å². The average Bonchev–Trinajstić information content (AvgIpc) is 3.12. The molecule has 0 bridgehead atoms. The number of nitriles is 1. The van der Waals surface area contributed by atoms with Gasteiger partial charge in [0.1, 0.15) is 11.4 Å². The molecule has 31 heavy (non-hydrogen) atoms. The molecule has 0 radical (unpaired) electrons. The maximum absolute atomic E-state index is 13.2. The van der Waals surface area contributed by atoms with E-state index in [4.69, 9.17) is 5.73 Å². The minimum absolute atomic E-state index is 0.127. The van der Waals surface area contributed by atoms with Crippen LogP contribution >= 0.6 is 0 Å². The van der Waals surface area contributed by atoms with Gasteiger partial charge in [-0.05, 0) is 43.0 Å². The minimum Gasteiger partial charge on any atom is -0.465 e. The van der Waals surface area contributed by atoms with Gasteiger partial charge in [-0.2, -0.15) is 10.4 Å². The van der Waals surface area contributed by atoms with E-state index in [0.29, 0.717) is 18.5 Å². The maximum Gasteiger partial charge on any atom is 0.407 e. The Morgan fingerprint density at radius 1 is 1.39 bits per heavy atom. The Bertz CT molecular complexity index is 998. The lowest BCUT2D eigenvalue weighted by atomic mass is 9.82. The Hall–Kier alpha value is -3.61. The number of hydrogen-bond donors (Lipinski definition) is 3. The third-order valence-corrected chi connectivity index (χ3v) is 5.45. The van der Waals surface area contributed by atoms with E-state index >= 15 is 0 Å². The quantitative estimate of drug-likeness (QED) is 0.645. The van der Waals surface area contributed by atoms with Crippen LogP contribution in [-0.4, -0.2) is 44.4 Å². The molecule has 164 valence electrons. The van der Waals surface area contributed by atoms with E-state index in [1.807, 2.05) is 13.8 Å². The highest BCUT2D eigenvalue weighted by atomic mass is 19.1. The summed E-state index contributed by atoms with van der Waals surface area (Å²) in [4.78, 5) is 25.0. The first-order chi connectivity index (χ1) is 14.7. The molecule has 1 saturated heterocycles. The van der Waals surface area contributed by atoms with E-state index in [2.05, 4.69) is 16.5 Å². The predicted octanol–water partition coefficient (Wildman–Crippen LogP) is 3.34. The van der Waals surface area contributed by atoms with Crippen molar-refractivity contribution in [3.8, 4) is 6.07 Å². The summed E-state index contributed by atoms with van der Waals surface area (Å²) in [7, 11) is 0. The normalized spacial score (nSPS) is 21.0. The van der Waals surface area contributed by atoms with E-state index < -0.39 is 35.8 Å². The molecule has 9 nitrogen and oxygen atoms in total. The largest absolute Gasteiger partial charge is 0.465 e. The second-order valence-corrected chi connectivity index (χ2v) is 8.05. The second-order valence-electron chi connectivity index (χ2n) is 8.05. The van der Waals surface area contributed by atoms with Crippen LogP contribution < -0.4 is 11.1 Å². The van der Waals surface area contributed by atoms with Crippen molar-refractivity contribution in [1.82, 2.24) is 14.7 Å². The van der Waals surface area contributed by atoms with Gasteiger partial charge >= 0.3 is 6.09 Å². The first-order valence-electron chi connectivity index (χ1n) is 10.0. The molecule has 4 N–H and O–H groups in total. The Morgan fingerprint density at radius 3 is 2.61 bits per heavy atom. The van der Waals surface area contributed by atoms with Crippen LogP contribution in [0.4, 0.5) is 20.7 Å². The number of rotatable bonds is 6. The zero-order chi connectivity index (χ0) is 22.7. The number of nitrogens with two attached hydrogens (primary N) is 1. The summed E-state index contributed by atoms with van der Waals surface area (Å²) < 4.78 is 14.7. The van der Waals surface area contributed by atoms with Gasteiger partial charge in [-0.1, -0.05) is 13.8 Å². The Labute approximate surface area is 179 Å². The molecule has 1 aromatic heterocycles. The third kappa shape index (κ3) is 4.77. The molecular weight excluding hydrogens is 403 g/mol. The van der Waals surface area contributed by atoms with Crippen molar-refractivity contribution < 1.29 is 19.1 Å². The summed E-state index contributed by atoms with van der Waals surface area (Å²) in [6, 6.07) is 6.89. The maximum atomic E-state index is 13.2. The summed E-state index contributed by atoms with van der Waals surface area (Å²) in [5, 5.41) is 26.9. The standard InChI is InChI=1S/C21H25FN6O3/c1-12(2)9-18-15(10-23)17(7-8-27(18)21(30)31)28-11-16(19(24)29)20(26-28)25-14-5-3-13(22)4-6-14/h3-6,11-12,15,17-18H,7-9H2,1-2H3,(H2,24,29)(H,25,26)(H,30,31)/t15-,17+,18?/m1/s1. The molecule has 1 unspecified atom stereocenters. The van der Waals surface area contributed by atoms with Crippen LogP contribution in [0.2, 0.25) is 0 Å². The van der Waals surface area contributed by atoms with Gasteiger partial charge in [0, 0.05) is 18.4 Å². The number of hydrogen-bond acceptors (Lipinski definition) is 5. The molecule has 2 heterocycles. The monoisotopic (exact) mass is 428 g/mol. The minimum atomic E-state index is -1.05. The van der Waals surface area contributed by atoms with Crippen LogP contribution in [-0.2, 0) is 0 Å². The first kappa shape index (κ1) is 22.1. The van der Waals surface area contributed by atoms with Crippen LogP contribution in [0.25, 0.3) is 0 Å². The number of anilines is 2. The summed E-state index contributed by atoms with van der Waals surface area (Å²) in [6.07, 6.45) is 1.33. The fourth-order valence-electron chi connectivity index (χ4n) is 4.03. The van der Waals surface area contributed by atoms with Crippen molar-refractivity contribution in [2.24, 2.45) is 17.6 Å². The van der Waals surface area contributed by atoms with Crippen LogP contribution in [0.5, 0.6) is 0 Å². The molecule has 2 amide bonds. The third-order valence-electron chi connectivity index (χ3n) is 5.45. The van der Waals surface area contributed by atoms with Crippen molar-refractivity contribution in [2.45, 2.75) is 38.8 Å². The van der Waals surface area contributed by atoms with Crippen molar-refractivity contribution in [2.75, 3.05) is 11.9 Å². The van der Waals surface area contributed by atoms with Crippen molar-refractivity contribution in [3.05, 3.63) is 41.8 Å². The van der Waals surface area contributed by atoms with E-state index in [1.165, 1.54) is 40.0 Å². The topological polar surface area (TPSA) is 137 Å². The van der Waals surface area contributed by atoms with Gasteiger partial charge in [-0.25, -0.2) is 9.18 Å². The van der Waals surface area contributed by atoms with Gasteiger partial charge in [0.15, 0.2) is 5.82 Å². The molecule has 3 atom stereocenters. The number of benzene rings is 1. The predicted molar refractivity (Wildman–Crippen MR) is 111 cm³/mol. The molecule has 2 aromatic rings.